The summed E-state index contributed by atoms with van der Waals surface area (Å²) in [5, 5.41) is 0. The van der Waals surface area contributed by atoms with Gasteiger partial charge in [0.15, 0.2) is 6.29 Å². The predicted octanol–water partition coefficient (Wildman–Crippen LogP) is 3.40. The van der Waals surface area contributed by atoms with Crippen molar-refractivity contribution in [2.75, 3.05) is 7.11 Å². The summed E-state index contributed by atoms with van der Waals surface area (Å²) in [5.41, 5.74) is -0.331. The van der Waals surface area contributed by atoms with Crippen LogP contribution in [0, 0.1) is 0 Å². The second kappa shape index (κ2) is 7.88. The van der Waals surface area contributed by atoms with E-state index < -0.39 is 11.4 Å². The Morgan fingerprint density at radius 3 is 2.48 bits per heavy atom. The summed E-state index contributed by atoms with van der Waals surface area (Å²) < 4.78 is 10.2. The molecule has 0 saturated carbocycles. The number of hydrogen-bond donors (Lipinski definition) is 0. The Hall–Kier alpha value is -3.47. The Balaban J connectivity index is 2.56. The fraction of sp³-hybridized carbons (Fsp3) is 0.0500. The van der Waals surface area contributed by atoms with Crippen LogP contribution in [0.3, 0.4) is 0 Å². The van der Waals surface area contributed by atoms with Gasteiger partial charge in [-0.05, 0) is 24.3 Å². The van der Waals surface area contributed by atoms with E-state index >= 15 is 0 Å². The van der Waals surface area contributed by atoms with Crippen LogP contribution < -0.4 is 10.4 Å². The maximum atomic E-state index is 12.6. The summed E-state index contributed by atoms with van der Waals surface area (Å²) in [6.07, 6.45) is 4.53. The van der Waals surface area contributed by atoms with Gasteiger partial charge in [-0.1, -0.05) is 37.4 Å². The molecule has 0 saturated heterocycles. The molecule has 0 bridgehead atoms. The number of aldehydes is 1. The molecule has 0 unspecified atom stereocenters. The molecule has 0 radical (unpaired) electrons. The van der Waals surface area contributed by atoms with Crippen LogP contribution in [-0.2, 0) is 4.79 Å². The minimum absolute atomic E-state index is 0.196. The van der Waals surface area contributed by atoms with Crippen molar-refractivity contribution in [3.8, 4) is 5.75 Å². The minimum Gasteiger partial charge on any atom is -0.496 e. The number of methoxy groups -OCH3 is 1. The summed E-state index contributed by atoms with van der Waals surface area (Å²) in [6.45, 7) is 7.14. The molecule has 5 heteroatoms. The third kappa shape index (κ3) is 3.72. The third-order valence-corrected chi connectivity index (χ3v) is 3.50. The Bertz CT molecular complexity index is 931. The number of rotatable bonds is 7. The van der Waals surface area contributed by atoms with Crippen LogP contribution in [0.1, 0.15) is 27.2 Å². The highest BCUT2D eigenvalue weighted by molar-refractivity contribution is 6.23. The number of hydrogen-bond acceptors (Lipinski definition) is 5. The number of carbonyl (C=O) groups excluding carboxylic acids is 2. The zero-order chi connectivity index (χ0) is 18.4. The molecule has 0 aliphatic carbocycles. The summed E-state index contributed by atoms with van der Waals surface area (Å²) >= 11 is 0. The van der Waals surface area contributed by atoms with Crippen molar-refractivity contribution in [1.82, 2.24) is 0 Å². The average molecular weight is 336 g/mol. The van der Waals surface area contributed by atoms with Gasteiger partial charge in [0.05, 0.1) is 12.7 Å². The molecule has 0 N–H and O–H groups in total. The van der Waals surface area contributed by atoms with Gasteiger partial charge in [0.25, 0.3) is 0 Å². The number of carbonyl (C=O) groups is 2. The standard InChI is InChI=1S/C20H16O5/c1-4-13-11-16(20(23)25-17(13)5-2)19(22)15(12-21)10-14-8-6-7-9-18(14)24-3/h4-12H,1-2H2,3H3/b15-10+. The molecular weight excluding hydrogens is 320 g/mol. The fourth-order valence-corrected chi connectivity index (χ4v) is 2.24. The van der Waals surface area contributed by atoms with Crippen molar-refractivity contribution < 1.29 is 18.7 Å². The second-order valence-corrected chi connectivity index (χ2v) is 4.96. The molecule has 1 aromatic heterocycles. The lowest BCUT2D eigenvalue weighted by Gasteiger charge is -2.06. The van der Waals surface area contributed by atoms with E-state index in [0.717, 1.165) is 0 Å². The maximum absolute atomic E-state index is 12.6. The van der Waals surface area contributed by atoms with Crippen molar-refractivity contribution in [3.63, 3.8) is 0 Å². The van der Waals surface area contributed by atoms with E-state index in [4.69, 9.17) is 9.15 Å². The first-order chi connectivity index (χ1) is 12.0. The highest BCUT2D eigenvalue weighted by Gasteiger charge is 2.19. The number of ketones is 1. The molecule has 0 aliphatic heterocycles. The topological polar surface area (TPSA) is 73.6 Å². The molecule has 25 heavy (non-hydrogen) atoms. The van der Waals surface area contributed by atoms with Gasteiger partial charge in [-0.25, -0.2) is 4.79 Å². The number of Topliss-reactive ketones (excluding diaryl/α,β-unsaturated/α-hetero) is 1. The van der Waals surface area contributed by atoms with Crippen LogP contribution in [0.25, 0.3) is 18.2 Å². The molecule has 1 heterocycles. The van der Waals surface area contributed by atoms with E-state index in [1.165, 1.54) is 31.4 Å². The van der Waals surface area contributed by atoms with Crippen LogP contribution in [0.15, 0.2) is 58.3 Å². The van der Waals surface area contributed by atoms with E-state index in [1.54, 1.807) is 24.3 Å². The van der Waals surface area contributed by atoms with E-state index in [2.05, 4.69) is 13.2 Å². The minimum atomic E-state index is -0.849. The number of allylic oxidation sites excluding steroid dienone is 1. The highest BCUT2D eigenvalue weighted by atomic mass is 16.5. The Labute approximate surface area is 144 Å². The highest BCUT2D eigenvalue weighted by Crippen LogP contribution is 2.21. The Kier molecular flexibility index (Phi) is 5.63. The zero-order valence-electron chi connectivity index (χ0n) is 13.7. The zero-order valence-corrected chi connectivity index (χ0v) is 13.7. The average Bonchev–Trinajstić information content (AvgIpc) is 2.65. The largest absolute Gasteiger partial charge is 0.496 e. The van der Waals surface area contributed by atoms with Crippen molar-refractivity contribution in [2.24, 2.45) is 0 Å². The molecule has 2 rings (SSSR count). The molecular formula is C20H16O5. The van der Waals surface area contributed by atoms with E-state index in [-0.39, 0.29) is 16.9 Å². The summed E-state index contributed by atoms with van der Waals surface area (Å²) in [6, 6.07) is 8.22. The van der Waals surface area contributed by atoms with Crippen molar-refractivity contribution >= 4 is 30.3 Å². The van der Waals surface area contributed by atoms with Gasteiger partial charge >= 0.3 is 5.63 Å². The van der Waals surface area contributed by atoms with Crippen LogP contribution >= 0.6 is 0 Å². The van der Waals surface area contributed by atoms with Crippen molar-refractivity contribution in [3.05, 3.63) is 81.9 Å². The summed E-state index contributed by atoms with van der Waals surface area (Å²) in [7, 11) is 1.48. The molecule has 5 nitrogen and oxygen atoms in total. The summed E-state index contributed by atoms with van der Waals surface area (Å²) in [5.74, 6) is -0.0400. The van der Waals surface area contributed by atoms with E-state index in [9.17, 15) is 14.4 Å². The van der Waals surface area contributed by atoms with Crippen LogP contribution in [0.4, 0.5) is 0 Å². The predicted molar refractivity (Wildman–Crippen MR) is 96.5 cm³/mol. The van der Waals surface area contributed by atoms with Gasteiger partial charge in [0.1, 0.15) is 17.1 Å². The van der Waals surface area contributed by atoms with E-state index in [0.29, 0.717) is 23.2 Å². The molecule has 1 aromatic carbocycles. The molecule has 126 valence electrons. The first-order valence-electron chi connectivity index (χ1n) is 7.33. The van der Waals surface area contributed by atoms with Crippen LogP contribution in [0.5, 0.6) is 5.75 Å². The van der Waals surface area contributed by atoms with Crippen LogP contribution in [-0.4, -0.2) is 19.2 Å². The van der Waals surface area contributed by atoms with Gasteiger partial charge in [-0.3, -0.25) is 9.59 Å². The number of benzene rings is 1. The normalized spacial score (nSPS) is 10.8. The Morgan fingerprint density at radius 1 is 1.16 bits per heavy atom. The molecule has 0 spiro atoms. The van der Waals surface area contributed by atoms with Gasteiger partial charge in [-0.2, -0.15) is 0 Å². The lowest BCUT2D eigenvalue weighted by molar-refractivity contribution is -0.104. The summed E-state index contributed by atoms with van der Waals surface area (Å²) in [4.78, 5) is 36.1. The van der Waals surface area contributed by atoms with Crippen molar-refractivity contribution in [1.29, 1.82) is 0 Å². The van der Waals surface area contributed by atoms with Gasteiger partial charge in [0, 0.05) is 11.1 Å². The Morgan fingerprint density at radius 2 is 1.88 bits per heavy atom. The molecule has 0 amide bonds. The molecule has 2 aromatic rings. The lowest BCUT2D eigenvalue weighted by Crippen LogP contribution is -2.17. The lowest BCUT2D eigenvalue weighted by atomic mass is 10.0. The van der Waals surface area contributed by atoms with Crippen LogP contribution in [0.2, 0.25) is 0 Å². The first-order valence-corrected chi connectivity index (χ1v) is 7.33. The molecule has 0 fully saturated rings. The van der Waals surface area contributed by atoms with Gasteiger partial charge in [0.2, 0.25) is 5.78 Å². The van der Waals surface area contributed by atoms with Crippen molar-refractivity contribution in [2.45, 2.75) is 0 Å². The number of para-hydroxylation sites is 1. The fourth-order valence-electron chi connectivity index (χ4n) is 2.24. The SMILES string of the molecule is C=Cc1cc(C(=O)/C(C=O)=C/c2ccccc2OC)c(=O)oc1C=C. The third-order valence-electron chi connectivity index (χ3n) is 3.50. The quantitative estimate of drug-likeness (QED) is 0.255. The van der Waals surface area contributed by atoms with Gasteiger partial charge < -0.3 is 9.15 Å². The van der Waals surface area contributed by atoms with Gasteiger partial charge in [-0.15, -0.1) is 0 Å². The maximum Gasteiger partial charge on any atom is 0.347 e. The molecule has 0 atom stereocenters. The monoisotopic (exact) mass is 336 g/mol. The number of ether oxygens (including phenoxy) is 1. The van der Waals surface area contributed by atoms with E-state index in [1.807, 2.05) is 0 Å². The smallest absolute Gasteiger partial charge is 0.347 e. The first kappa shape index (κ1) is 17.9. The second-order valence-electron chi connectivity index (χ2n) is 4.96. The molecule has 0 aliphatic rings.